The number of hydrogen-bond acceptors (Lipinski definition) is 6. The minimum absolute atomic E-state index is 0.0399. The van der Waals surface area contributed by atoms with Crippen molar-refractivity contribution >= 4 is 51.3 Å². The molecule has 0 amide bonds. The molecule has 3 rings (SSSR count). The van der Waals surface area contributed by atoms with Crippen molar-refractivity contribution in [1.82, 2.24) is 15.2 Å². The van der Waals surface area contributed by atoms with E-state index in [0.29, 0.717) is 32.2 Å². The third kappa shape index (κ3) is 4.67. The van der Waals surface area contributed by atoms with Gasteiger partial charge in [0.1, 0.15) is 16.4 Å². The Morgan fingerprint density at radius 1 is 1.32 bits per heavy atom. The minimum atomic E-state index is -1.17. The molecule has 1 aromatic heterocycles. The molecule has 10 heteroatoms. The van der Waals surface area contributed by atoms with Crippen LogP contribution in [0.1, 0.15) is 5.56 Å². The number of aromatic nitrogens is 3. The van der Waals surface area contributed by atoms with Gasteiger partial charge in [-0.3, -0.25) is 5.10 Å². The van der Waals surface area contributed by atoms with E-state index < -0.39 is 5.97 Å². The molecule has 0 aliphatic rings. The van der Waals surface area contributed by atoms with Gasteiger partial charge in [-0.2, -0.15) is 0 Å². The zero-order valence-electron chi connectivity index (χ0n) is 14.3. The second kappa shape index (κ2) is 8.68. The van der Waals surface area contributed by atoms with Crippen LogP contribution in [0.4, 0.5) is 0 Å². The first-order valence-corrected chi connectivity index (χ1v) is 9.74. The fourth-order valence-corrected chi connectivity index (χ4v) is 3.54. The third-order valence-electron chi connectivity index (χ3n) is 3.57. The summed E-state index contributed by atoms with van der Waals surface area (Å²) in [6, 6.07) is 9.79. The summed E-state index contributed by atoms with van der Waals surface area (Å²) in [6.45, 7) is 0. The number of methoxy groups -OCH3 is 1. The normalized spacial score (nSPS) is 11.5. The lowest BCUT2D eigenvalue weighted by atomic mass is 10.2. The highest BCUT2D eigenvalue weighted by Crippen LogP contribution is 2.33. The molecule has 0 spiro atoms. The maximum Gasteiger partial charge on any atom is 0.342 e. The number of rotatable bonds is 6. The highest BCUT2D eigenvalue weighted by molar-refractivity contribution is 9.10. The van der Waals surface area contributed by atoms with Crippen molar-refractivity contribution in [3.63, 3.8) is 0 Å². The topological polar surface area (TPSA) is 108 Å². The molecular weight excluding hydrogens is 470 g/mol. The van der Waals surface area contributed by atoms with Crippen LogP contribution in [-0.2, 0) is 4.79 Å². The van der Waals surface area contributed by atoms with Gasteiger partial charge in [-0.25, -0.2) is 9.78 Å². The Bertz CT molecular complexity index is 1070. The van der Waals surface area contributed by atoms with Gasteiger partial charge >= 0.3 is 5.97 Å². The molecule has 0 bridgehead atoms. The summed E-state index contributed by atoms with van der Waals surface area (Å²) in [4.78, 5) is 15.9. The highest BCUT2D eigenvalue weighted by atomic mass is 79.9. The predicted octanol–water partition coefficient (Wildman–Crippen LogP) is 4.82. The first kappa shape index (κ1) is 20.2. The lowest BCUT2D eigenvalue weighted by Gasteiger charge is -2.05. The van der Waals surface area contributed by atoms with Gasteiger partial charge in [0.2, 0.25) is 5.16 Å². The number of carboxylic acid groups (broad SMARTS) is 1. The summed E-state index contributed by atoms with van der Waals surface area (Å²) in [5, 5.41) is 27.0. The number of carbonyl (C=O) groups is 1. The predicted molar refractivity (Wildman–Crippen MR) is 111 cm³/mol. The monoisotopic (exact) mass is 481 g/mol. The lowest BCUT2D eigenvalue weighted by Crippen LogP contribution is -1.97. The first-order chi connectivity index (χ1) is 13.4. The largest absolute Gasteiger partial charge is 0.507 e. The van der Waals surface area contributed by atoms with Crippen LogP contribution in [0.25, 0.3) is 17.5 Å². The summed E-state index contributed by atoms with van der Waals surface area (Å²) >= 11 is 10.2. The summed E-state index contributed by atoms with van der Waals surface area (Å²) in [7, 11) is 1.52. The number of carboxylic acids is 1. The van der Waals surface area contributed by atoms with Crippen molar-refractivity contribution in [3.8, 4) is 22.9 Å². The Labute approximate surface area is 177 Å². The number of hydrogen-bond donors (Lipinski definition) is 3. The quantitative estimate of drug-likeness (QED) is 0.341. The molecule has 0 saturated heterocycles. The number of benzene rings is 2. The van der Waals surface area contributed by atoms with E-state index in [2.05, 4.69) is 31.1 Å². The molecule has 0 atom stereocenters. The third-order valence-corrected chi connectivity index (χ3v) is 5.18. The van der Waals surface area contributed by atoms with E-state index in [-0.39, 0.29) is 15.8 Å². The average molecular weight is 483 g/mol. The smallest absolute Gasteiger partial charge is 0.342 e. The molecule has 28 heavy (non-hydrogen) atoms. The average Bonchev–Trinajstić information content (AvgIpc) is 3.12. The van der Waals surface area contributed by atoms with Crippen LogP contribution in [0.2, 0.25) is 5.02 Å². The van der Waals surface area contributed by atoms with Gasteiger partial charge in [0.15, 0.2) is 5.82 Å². The minimum Gasteiger partial charge on any atom is -0.507 e. The number of aromatic hydroxyl groups is 1. The number of thioether (sulfide) groups is 1. The molecule has 2 aromatic carbocycles. The molecule has 0 unspecified atom stereocenters. The number of nitrogens with one attached hydrogen (secondary N) is 1. The number of aromatic amines is 1. The fraction of sp³-hybridized carbons (Fsp3) is 0.0556. The van der Waals surface area contributed by atoms with Crippen molar-refractivity contribution in [2.75, 3.05) is 7.11 Å². The molecule has 0 saturated carbocycles. The van der Waals surface area contributed by atoms with Crippen LogP contribution in [0.5, 0.6) is 11.5 Å². The summed E-state index contributed by atoms with van der Waals surface area (Å²) in [5.41, 5.74) is 0.950. The van der Waals surface area contributed by atoms with Gasteiger partial charge in [-0.1, -0.05) is 27.5 Å². The van der Waals surface area contributed by atoms with Crippen LogP contribution in [0.3, 0.4) is 0 Å². The molecular formula is C18H13BrClN3O4S. The molecule has 7 nitrogen and oxygen atoms in total. The molecule has 1 heterocycles. The zero-order chi connectivity index (χ0) is 20.3. The molecule has 0 aliphatic heterocycles. The second-order valence-electron chi connectivity index (χ2n) is 5.43. The molecule has 0 radical (unpaired) electrons. The fourth-order valence-electron chi connectivity index (χ4n) is 2.29. The molecule has 3 aromatic rings. The van der Waals surface area contributed by atoms with Crippen LogP contribution < -0.4 is 4.74 Å². The number of nitrogens with zero attached hydrogens (tertiary/aromatic N) is 2. The zero-order valence-corrected chi connectivity index (χ0v) is 17.5. The number of ether oxygens (including phenoxy) is 1. The van der Waals surface area contributed by atoms with Crippen molar-refractivity contribution in [3.05, 3.63) is 56.4 Å². The Morgan fingerprint density at radius 2 is 2.11 bits per heavy atom. The summed E-state index contributed by atoms with van der Waals surface area (Å²) in [5.74, 6) is -0.278. The van der Waals surface area contributed by atoms with E-state index >= 15 is 0 Å². The Kier molecular flexibility index (Phi) is 6.28. The van der Waals surface area contributed by atoms with Crippen molar-refractivity contribution < 1.29 is 19.7 Å². The van der Waals surface area contributed by atoms with Crippen LogP contribution in [0.15, 0.2) is 50.9 Å². The highest BCUT2D eigenvalue weighted by Gasteiger charge is 2.17. The van der Waals surface area contributed by atoms with Crippen molar-refractivity contribution in [2.45, 2.75) is 5.16 Å². The Balaban J connectivity index is 1.92. The number of H-pyrrole nitrogens is 1. The van der Waals surface area contributed by atoms with Crippen LogP contribution in [0, 0.1) is 0 Å². The number of halogens is 2. The van der Waals surface area contributed by atoms with E-state index in [4.69, 9.17) is 16.3 Å². The summed E-state index contributed by atoms with van der Waals surface area (Å²) < 4.78 is 6.00. The lowest BCUT2D eigenvalue weighted by molar-refractivity contribution is -0.131. The Hall–Kier alpha value is -2.49. The van der Waals surface area contributed by atoms with Crippen molar-refractivity contribution in [1.29, 1.82) is 0 Å². The van der Waals surface area contributed by atoms with E-state index in [1.54, 1.807) is 30.3 Å². The SMILES string of the molecule is COc1ccc(Cl)cc1-c1nc(S/C(=C\c2cc(Br)ccc2O)C(=O)O)n[nH]1. The first-order valence-electron chi connectivity index (χ1n) is 7.75. The van der Waals surface area contributed by atoms with Crippen molar-refractivity contribution in [2.24, 2.45) is 0 Å². The number of phenolic OH excluding ortho intramolecular Hbond substituents is 1. The summed E-state index contributed by atoms with van der Waals surface area (Å²) in [6.07, 6.45) is 1.35. The van der Waals surface area contributed by atoms with Gasteiger partial charge in [-0.15, -0.1) is 5.10 Å². The maximum absolute atomic E-state index is 11.6. The number of phenols is 1. The van der Waals surface area contributed by atoms with Gasteiger partial charge in [0.25, 0.3) is 0 Å². The van der Waals surface area contributed by atoms with E-state index in [1.807, 2.05) is 0 Å². The van der Waals surface area contributed by atoms with Gasteiger partial charge in [-0.05, 0) is 54.2 Å². The Morgan fingerprint density at radius 3 is 2.82 bits per heavy atom. The van der Waals surface area contributed by atoms with Gasteiger partial charge in [0.05, 0.1) is 12.7 Å². The second-order valence-corrected chi connectivity index (χ2v) is 7.79. The van der Waals surface area contributed by atoms with Crippen LogP contribution in [-0.4, -0.2) is 38.5 Å². The standard InChI is InChI=1S/C18H13BrClN3O4S/c1-27-14-5-3-11(20)8-12(14)16-21-18(23-22-16)28-15(17(25)26)7-9-6-10(19)2-4-13(9)24/h2-8,24H,1H3,(H,25,26)(H,21,22,23)/b15-7-. The van der Waals surface area contributed by atoms with E-state index in [0.717, 1.165) is 11.8 Å². The molecule has 144 valence electrons. The molecule has 3 N–H and O–H groups in total. The molecule has 0 aliphatic carbocycles. The van der Waals surface area contributed by atoms with E-state index in [1.165, 1.54) is 19.3 Å². The maximum atomic E-state index is 11.6. The van der Waals surface area contributed by atoms with Gasteiger partial charge < -0.3 is 14.9 Å². The number of aliphatic carboxylic acids is 1. The molecule has 0 fully saturated rings. The van der Waals surface area contributed by atoms with Crippen LogP contribution >= 0.6 is 39.3 Å². The van der Waals surface area contributed by atoms with E-state index in [9.17, 15) is 15.0 Å². The van der Waals surface area contributed by atoms with Gasteiger partial charge in [0, 0.05) is 15.1 Å².